The van der Waals surface area contributed by atoms with E-state index >= 15 is 0 Å². The first-order valence-corrected chi connectivity index (χ1v) is 23.0. The molecule has 0 saturated heterocycles. The lowest BCUT2D eigenvalue weighted by Gasteiger charge is -2.12. The molecule has 68 heavy (non-hydrogen) atoms. The van der Waals surface area contributed by atoms with Gasteiger partial charge in [0.05, 0.1) is 22.1 Å². The van der Waals surface area contributed by atoms with E-state index < -0.39 is 0 Å². The van der Waals surface area contributed by atoms with Crippen LogP contribution in [0.2, 0.25) is 0 Å². The molecule has 3 aromatic heterocycles. The van der Waals surface area contributed by atoms with Crippen molar-refractivity contribution in [3.8, 4) is 78.9 Å². The van der Waals surface area contributed by atoms with E-state index in [2.05, 4.69) is 221 Å². The third kappa shape index (κ3) is 6.76. The Morgan fingerprint density at radius 1 is 0.235 bits per heavy atom. The minimum Gasteiger partial charge on any atom is -0.309 e. The summed E-state index contributed by atoms with van der Waals surface area (Å²) in [5.74, 6) is 1.89. The van der Waals surface area contributed by atoms with Crippen LogP contribution < -0.4 is 0 Å². The fraction of sp³-hybridized carbons (Fsp3) is 0. The van der Waals surface area contributed by atoms with Crippen LogP contribution in [0.15, 0.2) is 249 Å². The van der Waals surface area contributed by atoms with Gasteiger partial charge in [-0.15, -0.1) is 0 Å². The van der Waals surface area contributed by atoms with Crippen molar-refractivity contribution < 1.29 is 0 Å². The Morgan fingerprint density at radius 3 is 1.38 bits per heavy atom. The van der Waals surface area contributed by atoms with Crippen LogP contribution in [0.3, 0.4) is 0 Å². The van der Waals surface area contributed by atoms with Gasteiger partial charge < -0.3 is 9.13 Å². The normalized spacial score (nSPS) is 11.5. The smallest absolute Gasteiger partial charge is 0.164 e. The highest BCUT2D eigenvalue weighted by Gasteiger charge is 2.19. The highest BCUT2D eigenvalue weighted by atomic mass is 15.0. The van der Waals surface area contributed by atoms with Crippen LogP contribution in [0.1, 0.15) is 0 Å². The molecule has 0 fully saturated rings. The molecule has 13 rings (SSSR count). The van der Waals surface area contributed by atoms with E-state index in [0.29, 0.717) is 17.5 Å². The molecular formula is C63H41N5. The average molecular weight is 868 g/mol. The maximum Gasteiger partial charge on any atom is 0.164 e. The quantitative estimate of drug-likeness (QED) is 0.153. The lowest BCUT2D eigenvalue weighted by atomic mass is 9.99. The van der Waals surface area contributed by atoms with Crippen molar-refractivity contribution in [3.63, 3.8) is 0 Å². The van der Waals surface area contributed by atoms with Gasteiger partial charge in [-0.2, -0.15) is 0 Å². The first-order chi connectivity index (χ1) is 33.7. The van der Waals surface area contributed by atoms with E-state index in [-0.39, 0.29) is 0 Å². The summed E-state index contributed by atoms with van der Waals surface area (Å²) in [5.41, 5.74) is 16.6. The maximum absolute atomic E-state index is 5.12. The average Bonchev–Trinajstić information content (AvgIpc) is 3.94. The van der Waals surface area contributed by atoms with Crippen LogP contribution >= 0.6 is 0 Å². The molecule has 5 nitrogen and oxygen atoms in total. The summed E-state index contributed by atoms with van der Waals surface area (Å²) in [4.78, 5) is 15.2. The molecule has 0 spiro atoms. The summed E-state index contributed by atoms with van der Waals surface area (Å²) in [7, 11) is 0. The Hall–Kier alpha value is -9.19. The summed E-state index contributed by atoms with van der Waals surface area (Å²) >= 11 is 0. The zero-order chi connectivity index (χ0) is 45.0. The summed E-state index contributed by atoms with van der Waals surface area (Å²) in [6, 6.07) is 88.2. The van der Waals surface area contributed by atoms with Gasteiger partial charge in [0.25, 0.3) is 0 Å². The molecule has 0 bridgehead atoms. The number of hydrogen-bond donors (Lipinski definition) is 0. The molecule has 318 valence electrons. The van der Waals surface area contributed by atoms with Crippen molar-refractivity contribution in [1.29, 1.82) is 0 Å². The third-order valence-electron chi connectivity index (χ3n) is 13.2. The highest BCUT2D eigenvalue weighted by molar-refractivity contribution is 6.16. The van der Waals surface area contributed by atoms with E-state index in [4.69, 9.17) is 15.0 Å². The van der Waals surface area contributed by atoms with Crippen LogP contribution in [-0.2, 0) is 0 Å². The molecule has 0 aliphatic carbocycles. The molecule has 0 radical (unpaired) electrons. The molecule has 0 unspecified atom stereocenters. The molecule has 0 N–H and O–H groups in total. The SMILES string of the molecule is c1ccc(-c2ccc(-c3nc(-c4ccccc4)nc(-c4cccc(-c5ccc6c7ccccc7n(-c7ccc(-c8cccc9c8c8ccccc8n9-c8ccccc8)cc7)c6c5)c4)n3)cc2)cc1. The lowest BCUT2D eigenvalue weighted by Crippen LogP contribution is -2.00. The Kier molecular flexibility index (Phi) is 9.43. The van der Waals surface area contributed by atoms with Gasteiger partial charge in [0.2, 0.25) is 0 Å². The van der Waals surface area contributed by atoms with Gasteiger partial charge >= 0.3 is 0 Å². The maximum atomic E-state index is 5.12. The van der Waals surface area contributed by atoms with Crippen LogP contribution in [0.25, 0.3) is 123 Å². The minimum absolute atomic E-state index is 0.624. The molecule has 0 aliphatic heterocycles. The number of para-hydroxylation sites is 3. The zero-order valence-electron chi connectivity index (χ0n) is 36.9. The van der Waals surface area contributed by atoms with E-state index in [1.165, 1.54) is 49.3 Å². The molecule has 0 aliphatic rings. The minimum atomic E-state index is 0.624. The van der Waals surface area contributed by atoms with E-state index in [9.17, 15) is 0 Å². The molecule has 0 saturated carbocycles. The van der Waals surface area contributed by atoms with Crippen molar-refractivity contribution in [1.82, 2.24) is 24.1 Å². The van der Waals surface area contributed by atoms with Crippen molar-refractivity contribution >= 4 is 43.6 Å². The van der Waals surface area contributed by atoms with Crippen molar-refractivity contribution in [2.75, 3.05) is 0 Å². The van der Waals surface area contributed by atoms with Crippen molar-refractivity contribution in [2.24, 2.45) is 0 Å². The molecule has 13 aromatic rings. The lowest BCUT2D eigenvalue weighted by molar-refractivity contribution is 1.07. The summed E-state index contributed by atoms with van der Waals surface area (Å²) < 4.78 is 4.78. The van der Waals surface area contributed by atoms with Crippen LogP contribution in [0.4, 0.5) is 0 Å². The molecule has 0 atom stereocenters. The van der Waals surface area contributed by atoms with E-state index in [1.54, 1.807) is 0 Å². The fourth-order valence-electron chi connectivity index (χ4n) is 9.96. The third-order valence-corrected chi connectivity index (χ3v) is 13.2. The Bertz CT molecular complexity index is 3980. The molecule has 5 heteroatoms. The van der Waals surface area contributed by atoms with Gasteiger partial charge in [-0.1, -0.05) is 194 Å². The molecule has 0 amide bonds. The van der Waals surface area contributed by atoms with Gasteiger partial charge in [-0.05, 0) is 88.0 Å². The van der Waals surface area contributed by atoms with Crippen LogP contribution in [-0.4, -0.2) is 24.1 Å². The number of nitrogens with zero attached hydrogens (tertiary/aromatic N) is 5. The number of benzene rings is 10. The Labute approximate surface area is 393 Å². The van der Waals surface area contributed by atoms with Gasteiger partial charge in [0.15, 0.2) is 17.5 Å². The largest absolute Gasteiger partial charge is 0.309 e. The first-order valence-electron chi connectivity index (χ1n) is 23.0. The summed E-state index contributed by atoms with van der Waals surface area (Å²) in [5, 5.41) is 4.92. The highest BCUT2D eigenvalue weighted by Crippen LogP contribution is 2.40. The van der Waals surface area contributed by atoms with Gasteiger partial charge in [-0.3, -0.25) is 0 Å². The number of aromatic nitrogens is 5. The van der Waals surface area contributed by atoms with Gasteiger partial charge in [0.1, 0.15) is 0 Å². The van der Waals surface area contributed by atoms with Gasteiger partial charge in [-0.25, -0.2) is 15.0 Å². The Balaban J connectivity index is 0.895. The zero-order valence-corrected chi connectivity index (χ0v) is 36.9. The van der Waals surface area contributed by atoms with Crippen molar-refractivity contribution in [3.05, 3.63) is 249 Å². The predicted octanol–water partition coefficient (Wildman–Crippen LogP) is 16.1. The number of rotatable bonds is 8. The van der Waals surface area contributed by atoms with Crippen LogP contribution in [0, 0.1) is 0 Å². The summed E-state index contributed by atoms with van der Waals surface area (Å²) in [6.07, 6.45) is 0. The van der Waals surface area contributed by atoms with Crippen molar-refractivity contribution in [2.45, 2.75) is 0 Å². The van der Waals surface area contributed by atoms with Crippen LogP contribution in [0.5, 0.6) is 0 Å². The number of hydrogen-bond acceptors (Lipinski definition) is 3. The second-order valence-corrected chi connectivity index (χ2v) is 17.2. The second-order valence-electron chi connectivity index (χ2n) is 17.2. The summed E-state index contributed by atoms with van der Waals surface area (Å²) in [6.45, 7) is 0. The first kappa shape index (κ1) is 39.2. The van der Waals surface area contributed by atoms with E-state index in [0.717, 1.165) is 55.8 Å². The molecule has 10 aromatic carbocycles. The molecule has 3 heterocycles. The number of fused-ring (bicyclic) bond motifs is 6. The standard InChI is InChI=1S/C63H41N5/c1-4-16-42(17-5-1)43-30-32-46(33-31-43)62-64-61(45-18-6-2-7-19-45)65-63(66-62)49-21-14-20-47(40-49)48-36-39-54-53-24-10-12-27-56(53)68(59(54)41-48)51-37-34-44(35-38-51)52-26-15-29-58-60(52)55-25-11-13-28-57(55)67(58)50-22-8-3-9-23-50/h1-41H. The molecular weight excluding hydrogens is 827 g/mol. The monoisotopic (exact) mass is 867 g/mol. The predicted molar refractivity (Wildman–Crippen MR) is 281 cm³/mol. The van der Waals surface area contributed by atoms with Gasteiger partial charge in [0, 0.05) is 49.6 Å². The fourth-order valence-corrected chi connectivity index (χ4v) is 9.96. The second kappa shape index (κ2) is 16.4. The Morgan fingerprint density at radius 2 is 0.662 bits per heavy atom. The van der Waals surface area contributed by atoms with E-state index in [1.807, 2.05) is 36.4 Å². The topological polar surface area (TPSA) is 48.5 Å².